The van der Waals surface area contributed by atoms with Crippen LogP contribution in [0.4, 0.5) is 30.4 Å². The third-order valence-electron chi connectivity index (χ3n) is 3.23. The maximum atomic E-state index is 12.7. The summed E-state index contributed by atoms with van der Waals surface area (Å²) in [6, 6.07) is 5.57. The predicted molar refractivity (Wildman–Crippen MR) is 77.8 cm³/mol. The minimum absolute atomic E-state index is 0.0305. The number of hydrogen-bond acceptors (Lipinski definition) is 4. The maximum Gasteiger partial charge on any atom is 0.433 e. The van der Waals surface area contributed by atoms with E-state index in [0.717, 1.165) is 22.5 Å². The van der Waals surface area contributed by atoms with Crippen LogP contribution in [0.5, 0.6) is 0 Å². The quantitative estimate of drug-likeness (QED) is 0.675. The Hall–Kier alpha value is -2.77. The Morgan fingerprint density at radius 2 is 2.00 bits per heavy atom. The average molecular weight is 307 g/mol. The minimum atomic E-state index is -4.52. The summed E-state index contributed by atoms with van der Waals surface area (Å²) in [5.74, 6) is -0.0305. The van der Waals surface area contributed by atoms with E-state index in [-0.39, 0.29) is 11.5 Å². The molecule has 8 heteroatoms. The average Bonchev–Trinajstić information content (AvgIpc) is 2.89. The van der Waals surface area contributed by atoms with E-state index in [2.05, 4.69) is 20.5 Å². The fourth-order valence-electron chi connectivity index (χ4n) is 2.17. The summed E-state index contributed by atoms with van der Waals surface area (Å²) >= 11 is 0. The van der Waals surface area contributed by atoms with Crippen LogP contribution in [0.15, 0.2) is 30.5 Å². The van der Waals surface area contributed by atoms with Gasteiger partial charge in [-0.3, -0.25) is 5.10 Å². The Bertz CT molecular complexity index is 838. The van der Waals surface area contributed by atoms with Gasteiger partial charge in [0.1, 0.15) is 5.69 Å². The number of aryl methyl sites for hydroxylation is 1. The molecule has 0 aliphatic carbocycles. The molecule has 22 heavy (non-hydrogen) atoms. The van der Waals surface area contributed by atoms with Crippen LogP contribution < -0.4 is 11.1 Å². The summed E-state index contributed by atoms with van der Waals surface area (Å²) in [5.41, 5.74) is 7.21. The first-order valence-corrected chi connectivity index (χ1v) is 6.39. The van der Waals surface area contributed by atoms with Crippen LogP contribution >= 0.6 is 0 Å². The Labute approximate surface area is 123 Å². The van der Waals surface area contributed by atoms with Gasteiger partial charge in [-0.2, -0.15) is 18.3 Å². The third kappa shape index (κ3) is 2.54. The molecule has 5 nitrogen and oxygen atoms in total. The number of fused-ring (bicyclic) bond motifs is 1. The van der Waals surface area contributed by atoms with Gasteiger partial charge in [-0.05, 0) is 36.8 Å². The number of halogens is 3. The minimum Gasteiger partial charge on any atom is -0.396 e. The van der Waals surface area contributed by atoms with Crippen molar-refractivity contribution >= 4 is 28.1 Å². The number of aromatic nitrogens is 3. The lowest BCUT2D eigenvalue weighted by atomic mass is 10.1. The number of anilines is 3. The highest BCUT2D eigenvalue weighted by molar-refractivity contribution is 5.86. The molecule has 114 valence electrons. The first-order chi connectivity index (χ1) is 10.3. The molecule has 3 rings (SSSR count). The lowest BCUT2D eigenvalue weighted by Crippen LogP contribution is -2.10. The van der Waals surface area contributed by atoms with Crippen LogP contribution in [0, 0.1) is 6.92 Å². The van der Waals surface area contributed by atoms with E-state index < -0.39 is 11.9 Å². The number of aromatic amines is 1. The van der Waals surface area contributed by atoms with Crippen molar-refractivity contribution in [2.45, 2.75) is 13.1 Å². The standard InChI is InChI=1S/C14H12F3N5/c1-7-4-9(5-8-6-19-22-12(7)8)20-13-10(18)2-3-11(21-13)14(15,16)17/h2-6H,18H2,1H3,(H,19,22)(H,20,21). The summed E-state index contributed by atoms with van der Waals surface area (Å²) in [5, 5.41) is 10.5. The second kappa shape index (κ2) is 4.90. The van der Waals surface area contributed by atoms with Crippen LogP contribution in [-0.2, 0) is 6.18 Å². The molecule has 0 bridgehead atoms. The van der Waals surface area contributed by atoms with Gasteiger partial charge >= 0.3 is 6.18 Å². The molecule has 0 spiro atoms. The number of alkyl halides is 3. The van der Waals surface area contributed by atoms with Crippen molar-refractivity contribution < 1.29 is 13.2 Å². The zero-order valence-corrected chi connectivity index (χ0v) is 11.5. The molecule has 4 N–H and O–H groups in total. The third-order valence-corrected chi connectivity index (χ3v) is 3.23. The van der Waals surface area contributed by atoms with Crippen LogP contribution in [0.25, 0.3) is 10.9 Å². The second-order valence-electron chi connectivity index (χ2n) is 4.88. The zero-order valence-electron chi connectivity index (χ0n) is 11.5. The molecular formula is C14H12F3N5. The number of pyridine rings is 1. The number of H-pyrrole nitrogens is 1. The molecule has 0 amide bonds. The van der Waals surface area contributed by atoms with E-state index in [1.165, 1.54) is 6.07 Å². The SMILES string of the molecule is Cc1cc(Nc2nc(C(F)(F)F)ccc2N)cc2cn[nH]c12. The van der Waals surface area contributed by atoms with Gasteiger partial charge in [-0.1, -0.05) is 0 Å². The van der Waals surface area contributed by atoms with Crippen molar-refractivity contribution in [3.05, 3.63) is 41.7 Å². The van der Waals surface area contributed by atoms with Gasteiger partial charge in [0.05, 0.1) is 17.4 Å². The molecule has 0 aliphatic heterocycles. The van der Waals surface area contributed by atoms with Gasteiger partial charge in [0.2, 0.25) is 0 Å². The number of nitrogens with two attached hydrogens (primary N) is 1. The normalized spacial score (nSPS) is 11.8. The number of rotatable bonds is 2. The van der Waals surface area contributed by atoms with Crippen molar-refractivity contribution in [3.63, 3.8) is 0 Å². The lowest BCUT2D eigenvalue weighted by molar-refractivity contribution is -0.141. The zero-order chi connectivity index (χ0) is 15.9. The van der Waals surface area contributed by atoms with Crippen LogP contribution in [0.3, 0.4) is 0 Å². The van der Waals surface area contributed by atoms with Crippen molar-refractivity contribution in [3.8, 4) is 0 Å². The van der Waals surface area contributed by atoms with Crippen molar-refractivity contribution in [1.82, 2.24) is 15.2 Å². The molecule has 0 saturated heterocycles. The molecule has 1 aromatic carbocycles. The molecule has 0 unspecified atom stereocenters. The summed E-state index contributed by atoms with van der Waals surface area (Å²) in [7, 11) is 0. The first kappa shape index (κ1) is 14.2. The molecule has 3 aromatic rings. The van der Waals surface area contributed by atoms with Gasteiger partial charge in [0.25, 0.3) is 0 Å². The smallest absolute Gasteiger partial charge is 0.396 e. The van der Waals surface area contributed by atoms with Crippen LogP contribution in [0.1, 0.15) is 11.3 Å². The Kier molecular flexibility index (Phi) is 3.16. The molecule has 0 aliphatic rings. The number of hydrogen-bond donors (Lipinski definition) is 3. The predicted octanol–water partition coefficient (Wildman–Crippen LogP) is 3.61. The fraction of sp³-hybridized carbons (Fsp3) is 0.143. The van der Waals surface area contributed by atoms with E-state index in [1.807, 2.05) is 6.92 Å². The van der Waals surface area contributed by atoms with Crippen LogP contribution in [-0.4, -0.2) is 15.2 Å². The number of nitrogens with one attached hydrogen (secondary N) is 2. The number of nitrogen functional groups attached to an aromatic ring is 1. The largest absolute Gasteiger partial charge is 0.433 e. The van der Waals surface area contributed by atoms with Crippen molar-refractivity contribution in [2.24, 2.45) is 0 Å². The monoisotopic (exact) mass is 307 g/mol. The Morgan fingerprint density at radius 1 is 1.23 bits per heavy atom. The van der Waals surface area contributed by atoms with Crippen molar-refractivity contribution in [1.29, 1.82) is 0 Å². The summed E-state index contributed by atoms with van der Waals surface area (Å²) in [4.78, 5) is 3.55. The number of benzene rings is 1. The van der Waals surface area contributed by atoms with Gasteiger partial charge in [-0.15, -0.1) is 0 Å². The Balaban J connectivity index is 2.00. The van der Waals surface area contributed by atoms with Gasteiger partial charge in [-0.25, -0.2) is 4.98 Å². The summed E-state index contributed by atoms with van der Waals surface area (Å²) in [6.07, 6.45) is -2.88. The maximum absolute atomic E-state index is 12.7. The molecule has 2 aromatic heterocycles. The van der Waals surface area contributed by atoms with Crippen LogP contribution in [0.2, 0.25) is 0 Å². The molecule has 0 radical (unpaired) electrons. The van der Waals surface area contributed by atoms with E-state index in [4.69, 9.17) is 5.73 Å². The summed E-state index contributed by atoms with van der Waals surface area (Å²) < 4.78 is 38.2. The summed E-state index contributed by atoms with van der Waals surface area (Å²) in [6.45, 7) is 1.87. The van der Waals surface area contributed by atoms with Gasteiger partial charge in [0, 0.05) is 11.1 Å². The van der Waals surface area contributed by atoms with E-state index >= 15 is 0 Å². The topological polar surface area (TPSA) is 79.6 Å². The highest BCUT2D eigenvalue weighted by Crippen LogP contribution is 2.32. The van der Waals surface area contributed by atoms with E-state index in [9.17, 15) is 13.2 Å². The molecule has 2 heterocycles. The lowest BCUT2D eigenvalue weighted by Gasteiger charge is -2.12. The van der Waals surface area contributed by atoms with E-state index in [1.54, 1.807) is 18.3 Å². The second-order valence-corrected chi connectivity index (χ2v) is 4.88. The molecular weight excluding hydrogens is 295 g/mol. The van der Waals surface area contributed by atoms with E-state index in [0.29, 0.717) is 5.69 Å². The van der Waals surface area contributed by atoms with Gasteiger partial charge in [0.15, 0.2) is 5.82 Å². The Morgan fingerprint density at radius 3 is 2.73 bits per heavy atom. The number of nitrogens with zero attached hydrogens (tertiary/aromatic N) is 2. The first-order valence-electron chi connectivity index (χ1n) is 6.39. The fourth-order valence-corrected chi connectivity index (χ4v) is 2.17. The molecule has 0 fully saturated rings. The molecule has 0 saturated carbocycles. The molecule has 0 atom stereocenters. The highest BCUT2D eigenvalue weighted by atomic mass is 19.4. The van der Waals surface area contributed by atoms with Crippen molar-refractivity contribution in [2.75, 3.05) is 11.1 Å². The van der Waals surface area contributed by atoms with Gasteiger partial charge < -0.3 is 11.1 Å². The highest BCUT2D eigenvalue weighted by Gasteiger charge is 2.32.